The average molecular weight is 479 g/mol. The van der Waals surface area contributed by atoms with Crippen LogP contribution in [-0.2, 0) is 9.47 Å². The van der Waals surface area contributed by atoms with Gasteiger partial charge in [0.2, 0.25) is 6.29 Å². The lowest BCUT2D eigenvalue weighted by molar-refractivity contribution is -0.0689. The maximum Gasteiger partial charge on any atom is 0.353 e. The van der Waals surface area contributed by atoms with Crippen molar-refractivity contribution in [3.05, 3.63) is 69.7 Å². The molecule has 0 aliphatic carbocycles. The Morgan fingerprint density at radius 1 is 1.03 bits per heavy atom. The summed E-state index contributed by atoms with van der Waals surface area (Å²) >= 11 is 1.15. The number of hydrogen-bond donors (Lipinski definition) is 0. The molecule has 8 heteroatoms. The molecule has 34 heavy (non-hydrogen) atoms. The second-order valence-electron chi connectivity index (χ2n) is 8.21. The van der Waals surface area contributed by atoms with Crippen molar-refractivity contribution in [3.8, 4) is 22.4 Å². The maximum absolute atomic E-state index is 12.7. The molecule has 0 aliphatic rings. The van der Waals surface area contributed by atoms with Gasteiger partial charge in [0.15, 0.2) is 0 Å². The number of nitrogens with zero attached hydrogens (tertiary/aromatic N) is 2. The minimum Gasteiger partial charge on any atom is -0.492 e. The highest BCUT2D eigenvalue weighted by Gasteiger charge is 2.22. The van der Waals surface area contributed by atoms with Crippen LogP contribution in [-0.4, -0.2) is 29.8 Å². The zero-order valence-corrected chi connectivity index (χ0v) is 20.6. The van der Waals surface area contributed by atoms with Crippen LogP contribution in [0.1, 0.15) is 57.6 Å². The van der Waals surface area contributed by atoms with E-state index in [1.54, 1.807) is 49.4 Å². The van der Waals surface area contributed by atoms with Crippen LogP contribution >= 0.6 is 11.3 Å². The number of carbonyl (C=O) groups excluding carboxylic acids is 2. The van der Waals surface area contributed by atoms with Crippen molar-refractivity contribution >= 4 is 23.3 Å². The topological polar surface area (TPSA) is 98.5 Å². The van der Waals surface area contributed by atoms with Crippen molar-refractivity contribution in [2.75, 3.05) is 6.61 Å². The summed E-state index contributed by atoms with van der Waals surface area (Å²) < 4.78 is 16.3. The molecule has 0 saturated carbocycles. The van der Waals surface area contributed by atoms with Gasteiger partial charge in [-0.15, -0.1) is 11.3 Å². The van der Waals surface area contributed by atoms with Crippen LogP contribution in [0.5, 0.6) is 5.75 Å². The fourth-order valence-corrected chi connectivity index (χ4v) is 3.92. The van der Waals surface area contributed by atoms with E-state index in [0.717, 1.165) is 16.9 Å². The van der Waals surface area contributed by atoms with Crippen LogP contribution in [0.2, 0.25) is 0 Å². The van der Waals surface area contributed by atoms with Gasteiger partial charge in [-0.25, -0.2) is 14.6 Å². The number of benzene rings is 2. The number of thiazole rings is 1. The van der Waals surface area contributed by atoms with E-state index >= 15 is 0 Å². The molecule has 1 heterocycles. The number of carbonyl (C=O) groups is 2. The molecule has 7 nitrogen and oxygen atoms in total. The predicted molar refractivity (Wildman–Crippen MR) is 129 cm³/mol. The second kappa shape index (κ2) is 10.9. The molecule has 2 aromatic carbocycles. The molecule has 0 amide bonds. The zero-order chi connectivity index (χ0) is 24.8. The first kappa shape index (κ1) is 24.9. The minimum absolute atomic E-state index is 0.298. The van der Waals surface area contributed by atoms with E-state index in [-0.39, 0.29) is 0 Å². The van der Waals surface area contributed by atoms with Crippen molar-refractivity contribution in [1.82, 2.24) is 4.98 Å². The molecule has 1 unspecified atom stereocenters. The van der Waals surface area contributed by atoms with E-state index in [4.69, 9.17) is 14.2 Å². The SMILES string of the molecule is Cc1ccc(C(=O)OC(C)OC(=O)c2sc(-c3ccc(OCC(C)C)c(C#N)c3)nc2C)cc1. The third-order valence-electron chi connectivity index (χ3n) is 4.73. The number of aromatic nitrogens is 1. The second-order valence-corrected chi connectivity index (χ2v) is 9.20. The van der Waals surface area contributed by atoms with Crippen molar-refractivity contribution in [1.29, 1.82) is 5.26 Å². The number of rotatable bonds is 8. The number of aryl methyl sites for hydroxylation is 2. The highest BCUT2D eigenvalue weighted by Crippen LogP contribution is 2.32. The van der Waals surface area contributed by atoms with Crippen LogP contribution in [0.3, 0.4) is 0 Å². The van der Waals surface area contributed by atoms with Crippen LogP contribution in [0.4, 0.5) is 0 Å². The standard InChI is InChI=1S/C26H26N2O5S/c1-15(2)14-31-22-11-10-20(12-21(22)13-27)24-28-17(4)23(34-24)26(30)33-18(5)32-25(29)19-8-6-16(3)7-9-19/h6-12,15,18H,14H2,1-5H3. The monoisotopic (exact) mass is 478 g/mol. The van der Waals surface area contributed by atoms with E-state index in [9.17, 15) is 14.9 Å². The van der Waals surface area contributed by atoms with Gasteiger partial charge < -0.3 is 14.2 Å². The number of hydrogen-bond acceptors (Lipinski definition) is 8. The minimum atomic E-state index is -1.08. The Hall–Kier alpha value is -3.70. The predicted octanol–water partition coefficient (Wildman–Crippen LogP) is 5.69. The lowest BCUT2D eigenvalue weighted by Gasteiger charge is -2.13. The van der Waals surface area contributed by atoms with Crippen LogP contribution in [0, 0.1) is 31.1 Å². The highest BCUT2D eigenvalue weighted by molar-refractivity contribution is 7.17. The van der Waals surface area contributed by atoms with Crippen LogP contribution in [0.25, 0.3) is 10.6 Å². The Morgan fingerprint density at radius 3 is 2.35 bits per heavy atom. The molecule has 0 spiro atoms. The summed E-state index contributed by atoms with van der Waals surface area (Å²) in [6.07, 6.45) is -1.08. The van der Waals surface area contributed by atoms with Gasteiger partial charge >= 0.3 is 11.9 Å². The molecule has 0 N–H and O–H groups in total. The molecule has 0 fully saturated rings. The van der Waals surface area contributed by atoms with E-state index in [1.807, 2.05) is 20.8 Å². The van der Waals surface area contributed by atoms with E-state index in [0.29, 0.717) is 50.5 Å². The maximum atomic E-state index is 12.7. The van der Waals surface area contributed by atoms with E-state index in [2.05, 4.69) is 11.1 Å². The molecule has 0 aliphatic heterocycles. The average Bonchev–Trinajstić information content (AvgIpc) is 3.19. The molecule has 0 bridgehead atoms. The summed E-state index contributed by atoms with van der Waals surface area (Å²) in [4.78, 5) is 29.7. The van der Waals surface area contributed by atoms with E-state index in [1.165, 1.54) is 6.92 Å². The summed E-state index contributed by atoms with van der Waals surface area (Å²) in [5.74, 6) is -0.370. The summed E-state index contributed by atoms with van der Waals surface area (Å²) in [5.41, 5.74) is 2.97. The summed E-state index contributed by atoms with van der Waals surface area (Å²) in [5, 5.41) is 10.1. The highest BCUT2D eigenvalue weighted by atomic mass is 32.1. The molecule has 0 radical (unpaired) electrons. The first-order valence-corrected chi connectivity index (χ1v) is 11.6. The fourth-order valence-electron chi connectivity index (χ4n) is 2.98. The van der Waals surface area contributed by atoms with Crippen LogP contribution < -0.4 is 4.74 Å². The number of ether oxygens (including phenoxy) is 3. The van der Waals surface area contributed by atoms with Gasteiger partial charge in [0.25, 0.3) is 0 Å². The summed E-state index contributed by atoms with van der Waals surface area (Å²) in [6, 6.07) is 14.3. The van der Waals surface area contributed by atoms with Gasteiger partial charge in [0, 0.05) is 12.5 Å². The van der Waals surface area contributed by atoms with Crippen molar-refractivity contribution < 1.29 is 23.8 Å². The van der Waals surface area contributed by atoms with Gasteiger partial charge in [0.1, 0.15) is 21.7 Å². The number of nitriles is 1. The zero-order valence-electron chi connectivity index (χ0n) is 19.7. The van der Waals surface area contributed by atoms with Gasteiger partial charge in [0.05, 0.1) is 23.4 Å². The molecule has 3 aromatic rings. The van der Waals surface area contributed by atoms with Gasteiger partial charge in [-0.3, -0.25) is 0 Å². The van der Waals surface area contributed by atoms with E-state index < -0.39 is 18.2 Å². The normalized spacial score (nSPS) is 11.6. The first-order valence-electron chi connectivity index (χ1n) is 10.8. The Balaban J connectivity index is 1.70. The smallest absolute Gasteiger partial charge is 0.353 e. The Morgan fingerprint density at radius 2 is 1.71 bits per heavy atom. The fraction of sp³-hybridized carbons (Fsp3) is 0.308. The van der Waals surface area contributed by atoms with Crippen molar-refractivity contribution in [3.63, 3.8) is 0 Å². The lowest BCUT2D eigenvalue weighted by atomic mass is 10.1. The Bertz CT molecular complexity index is 1220. The van der Waals surface area contributed by atoms with Gasteiger partial charge in [-0.2, -0.15) is 5.26 Å². The molecular formula is C26H26N2O5S. The Kier molecular flexibility index (Phi) is 8.03. The molecule has 3 rings (SSSR count). The summed E-state index contributed by atoms with van der Waals surface area (Å²) in [7, 11) is 0. The summed E-state index contributed by atoms with van der Waals surface area (Å²) in [6.45, 7) is 9.67. The molecular weight excluding hydrogens is 452 g/mol. The Labute approximate surface area is 202 Å². The molecule has 0 saturated heterocycles. The lowest BCUT2D eigenvalue weighted by Crippen LogP contribution is -2.21. The third kappa shape index (κ3) is 6.21. The molecule has 1 atom stereocenters. The van der Waals surface area contributed by atoms with Crippen molar-refractivity contribution in [2.45, 2.75) is 40.9 Å². The van der Waals surface area contributed by atoms with Crippen molar-refractivity contribution in [2.24, 2.45) is 5.92 Å². The first-order chi connectivity index (χ1) is 16.2. The largest absolute Gasteiger partial charge is 0.492 e. The number of esters is 2. The third-order valence-corrected chi connectivity index (χ3v) is 5.92. The van der Waals surface area contributed by atoms with Crippen LogP contribution in [0.15, 0.2) is 42.5 Å². The molecule has 176 valence electrons. The van der Waals surface area contributed by atoms with Gasteiger partial charge in [-0.05, 0) is 50.1 Å². The van der Waals surface area contributed by atoms with Gasteiger partial charge in [-0.1, -0.05) is 31.5 Å². The quantitative estimate of drug-likeness (QED) is 0.303. The molecule has 1 aromatic heterocycles.